The first-order chi connectivity index (χ1) is 14.2. The molecular weight excluding hydrogens is 356 g/mol. The number of hydrogen-bond acceptors (Lipinski definition) is 2. The number of aliphatic hydroxyl groups is 2. The summed E-state index contributed by atoms with van der Waals surface area (Å²) in [7, 11) is 0. The molecule has 0 aliphatic heterocycles. The van der Waals surface area contributed by atoms with Gasteiger partial charge in [-0.25, -0.2) is 0 Å². The molecule has 0 fully saturated rings. The van der Waals surface area contributed by atoms with Crippen LogP contribution in [0.2, 0.25) is 0 Å². The molecule has 4 aromatic carbocycles. The molecule has 2 heteroatoms. The van der Waals surface area contributed by atoms with Gasteiger partial charge in [0.05, 0.1) is 12.0 Å². The van der Waals surface area contributed by atoms with Gasteiger partial charge < -0.3 is 10.2 Å². The predicted octanol–water partition coefficient (Wildman–Crippen LogP) is 5.44. The Bertz CT molecular complexity index is 976. The maximum Gasteiger partial charge on any atom is 0.124 e. The highest BCUT2D eigenvalue weighted by Gasteiger charge is 2.45. The van der Waals surface area contributed by atoms with Crippen molar-refractivity contribution in [2.24, 2.45) is 0 Å². The quantitative estimate of drug-likeness (QED) is 0.468. The standard InChI is InChI=1S/C27H24O2/c28-26(22-15-7-2-8-16-22)25(21-13-5-1-6-14-21)27(29,23-17-9-3-10-18-23)24-19-11-4-12-20-24/h1-20,25-26,28-29H. The molecule has 0 radical (unpaired) electrons. The number of rotatable bonds is 6. The Morgan fingerprint density at radius 2 is 0.828 bits per heavy atom. The summed E-state index contributed by atoms with van der Waals surface area (Å²) in [5, 5.41) is 23.9. The molecule has 0 aliphatic carbocycles. The molecule has 4 aromatic rings. The zero-order chi connectivity index (χ0) is 20.1. The first-order valence-electron chi connectivity index (χ1n) is 9.82. The number of hydrogen-bond donors (Lipinski definition) is 2. The highest BCUT2D eigenvalue weighted by atomic mass is 16.3. The van der Waals surface area contributed by atoms with Gasteiger partial charge in [0.15, 0.2) is 0 Å². The summed E-state index contributed by atoms with van der Waals surface area (Å²) in [6.07, 6.45) is -0.899. The van der Waals surface area contributed by atoms with Crippen LogP contribution in [0.5, 0.6) is 0 Å². The van der Waals surface area contributed by atoms with Crippen molar-refractivity contribution in [1.29, 1.82) is 0 Å². The van der Waals surface area contributed by atoms with Crippen LogP contribution in [0, 0.1) is 0 Å². The van der Waals surface area contributed by atoms with E-state index >= 15 is 0 Å². The van der Waals surface area contributed by atoms with E-state index in [0.29, 0.717) is 0 Å². The molecule has 29 heavy (non-hydrogen) atoms. The van der Waals surface area contributed by atoms with Gasteiger partial charge in [-0.1, -0.05) is 121 Å². The van der Waals surface area contributed by atoms with Crippen molar-refractivity contribution >= 4 is 0 Å². The Morgan fingerprint density at radius 1 is 0.483 bits per heavy atom. The molecule has 0 bridgehead atoms. The van der Waals surface area contributed by atoms with Gasteiger partial charge in [0.2, 0.25) is 0 Å². The van der Waals surface area contributed by atoms with E-state index in [1.807, 2.05) is 121 Å². The third kappa shape index (κ3) is 3.73. The number of benzene rings is 4. The minimum absolute atomic E-state index is 0.601. The van der Waals surface area contributed by atoms with Gasteiger partial charge >= 0.3 is 0 Å². The highest BCUT2D eigenvalue weighted by Crippen LogP contribution is 2.48. The second-order valence-electron chi connectivity index (χ2n) is 7.24. The second-order valence-corrected chi connectivity index (χ2v) is 7.24. The molecule has 2 nitrogen and oxygen atoms in total. The van der Waals surface area contributed by atoms with Crippen molar-refractivity contribution in [3.63, 3.8) is 0 Å². The maximum absolute atomic E-state index is 12.3. The Balaban J connectivity index is 1.97. The van der Waals surface area contributed by atoms with E-state index in [1.54, 1.807) is 0 Å². The zero-order valence-corrected chi connectivity index (χ0v) is 16.1. The Kier molecular flexibility index (Phi) is 5.57. The van der Waals surface area contributed by atoms with E-state index in [0.717, 1.165) is 22.3 Å². The van der Waals surface area contributed by atoms with Gasteiger partial charge in [-0.15, -0.1) is 0 Å². The van der Waals surface area contributed by atoms with E-state index in [1.165, 1.54) is 0 Å². The minimum Gasteiger partial charge on any atom is -0.388 e. The Hall–Kier alpha value is -3.20. The van der Waals surface area contributed by atoms with Crippen molar-refractivity contribution in [3.8, 4) is 0 Å². The summed E-state index contributed by atoms with van der Waals surface area (Å²) in [4.78, 5) is 0. The van der Waals surface area contributed by atoms with Crippen molar-refractivity contribution in [2.75, 3.05) is 0 Å². The molecular formula is C27H24O2. The van der Waals surface area contributed by atoms with Gasteiger partial charge in [0.25, 0.3) is 0 Å². The van der Waals surface area contributed by atoms with Crippen LogP contribution in [0.4, 0.5) is 0 Å². The van der Waals surface area contributed by atoms with Gasteiger partial charge in [-0.05, 0) is 22.3 Å². The molecule has 2 atom stereocenters. The van der Waals surface area contributed by atoms with Crippen LogP contribution in [0.1, 0.15) is 34.3 Å². The third-order valence-corrected chi connectivity index (χ3v) is 5.49. The van der Waals surface area contributed by atoms with E-state index < -0.39 is 17.6 Å². The summed E-state index contributed by atoms with van der Waals surface area (Å²) in [5.41, 5.74) is 1.72. The number of aliphatic hydroxyl groups excluding tert-OH is 1. The SMILES string of the molecule is OC(c1ccccc1)C(c1ccccc1)C(O)(c1ccccc1)c1ccccc1. The van der Waals surface area contributed by atoms with E-state index in [4.69, 9.17) is 0 Å². The van der Waals surface area contributed by atoms with Crippen LogP contribution >= 0.6 is 0 Å². The highest BCUT2D eigenvalue weighted by molar-refractivity contribution is 5.43. The molecule has 2 unspecified atom stereocenters. The van der Waals surface area contributed by atoms with E-state index in [9.17, 15) is 10.2 Å². The van der Waals surface area contributed by atoms with Crippen LogP contribution in [0.15, 0.2) is 121 Å². The van der Waals surface area contributed by atoms with Crippen LogP contribution in [-0.2, 0) is 5.60 Å². The summed E-state index contributed by atoms with van der Waals surface area (Å²) in [6.45, 7) is 0. The smallest absolute Gasteiger partial charge is 0.124 e. The second kappa shape index (κ2) is 8.44. The van der Waals surface area contributed by atoms with Crippen LogP contribution < -0.4 is 0 Å². The molecule has 0 amide bonds. The molecule has 144 valence electrons. The first kappa shape index (κ1) is 19.1. The molecule has 4 rings (SSSR count). The molecule has 0 heterocycles. The maximum atomic E-state index is 12.3. The largest absolute Gasteiger partial charge is 0.388 e. The normalized spacial score (nSPS) is 13.6. The monoisotopic (exact) mass is 380 g/mol. The van der Waals surface area contributed by atoms with Gasteiger partial charge in [-0.3, -0.25) is 0 Å². The fourth-order valence-electron chi connectivity index (χ4n) is 4.07. The Labute approximate surface area is 171 Å². The topological polar surface area (TPSA) is 40.5 Å². The lowest BCUT2D eigenvalue weighted by Crippen LogP contribution is -2.38. The average Bonchev–Trinajstić information content (AvgIpc) is 2.81. The van der Waals surface area contributed by atoms with Crippen LogP contribution in [-0.4, -0.2) is 10.2 Å². The molecule has 0 spiro atoms. The lowest BCUT2D eigenvalue weighted by atomic mass is 9.69. The van der Waals surface area contributed by atoms with E-state index in [2.05, 4.69) is 0 Å². The average molecular weight is 380 g/mol. The molecule has 0 aliphatic rings. The minimum atomic E-state index is -1.42. The summed E-state index contributed by atoms with van der Waals surface area (Å²) >= 11 is 0. The van der Waals surface area contributed by atoms with Crippen molar-refractivity contribution < 1.29 is 10.2 Å². The summed E-state index contributed by atoms with van der Waals surface area (Å²) in [5.74, 6) is -0.601. The van der Waals surface area contributed by atoms with Crippen molar-refractivity contribution in [3.05, 3.63) is 144 Å². The van der Waals surface area contributed by atoms with Crippen molar-refractivity contribution in [1.82, 2.24) is 0 Å². The lowest BCUT2D eigenvalue weighted by molar-refractivity contribution is -0.0108. The van der Waals surface area contributed by atoms with Gasteiger partial charge in [0.1, 0.15) is 5.60 Å². The molecule has 2 N–H and O–H groups in total. The fraction of sp³-hybridized carbons (Fsp3) is 0.111. The van der Waals surface area contributed by atoms with Crippen LogP contribution in [0.3, 0.4) is 0 Å². The third-order valence-electron chi connectivity index (χ3n) is 5.49. The lowest BCUT2D eigenvalue weighted by Gasteiger charge is -2.40. The van der Waals surface area contributed by atoms with Crippen LogP contribution in [0.25, 0.3) is 0 Å². The van der Waals surface area contributed by atoms with E-state index in [-0.39, 0.29) is 0 Å². The molecule has 0 saturated heterocycles. The van der Waals surface area contributed by atoms with Crippen molar-refractivity contribution in [2.45, 2.75) is 17.6 Å². The first-order valence-corrected chi connectivity index (χ1v) is 9.82. The molecule has 0 saturated carbocycles. The van der Waals surface area contributed by atoms with Gasteiger partial charge in [-0.2, -0.15) is 0 Å². The fourth-order valence-corrected chi connectivity index (χ4v) is 4.07. The summed E-state index contributed by atoms with van der Waals surface area (Å²) < 4.78 is 0. The van der Waals surface area contributed by atoms with Gasteiger partial charge in [0, 0.05) is 0 Å². The molecule has 0 aromatic heterocycles. The zero-order valence-electron chi connectivity index (χ0n) is 16.1. The summed E-state index contributed by atoms with van der Waals surface area (Å²) in [6, 6.07) is 38.5. The Morgan fingerprint density at radius 3 is 1.24 bits per heavy atom. The predicted molar refractivity (Wildman–Crippen MR) is 116 cm³/mol.